The zero-order valence-electron chi connectivity index (χ0n) is 12.6. The van der Waals surface area contributed by atoms with E-state index < -0.39 is 26.7 Å². The molecule has 1 N–H and O–H groups in total. The van der Waals surface area contributed by atoms with E-state index in [-0.39, 0.29) is 5.69 Å². The predicted molar refractivity (Wildman–Crippen MR) is 85.8 cm³/mol. The minimum Gasteiger partial charge on any atom is -0.306 e. The Labute approximate surface area is 141 Å². The van der Waals surface area contributed by atoms with Gasteiger partial charge in [0, 0.05) is 23.8 Å². The van der Waals surface area contributed by atoms with Crippen LogP contribution in [0.5, 0.6) is 0 Å². The van der Waals surface area contributed by atoms with Crippen LogP contribution in [0.25, 0.3) is 5.69 Å². The van der Waals surface area contributed by atoms with Gasteiger partial charge in [0.05, 0.1) is 16.8 Å². The number of hydrogen-bond donors (Lipinski definition) is 1. The topological polar surface area (TPSA) is 64.0 Å². The van der Waals surface area contributed by atoms with E-state index in [9.17, 15) is 21.6 Å². The van der Waals surface area contributed by atoms with Crippen LogP contribution in [-0.2, 0) is 16.2 Å². The van der Waals surface area contributed by atoms with Gasteiger partial charge in [-0.05, 0) is 36.4 Å². The summed E-state index contributed by atoms with van der Waals surface area (Å²) in [5.41, 5.74) is -0.325. The Balaban J connectivity index is 1.90. The lowest BCUT2D eigenvalue weighted by Gasteiger charge is -2.14. The van der Waals surface area contributed by atoms with Crippen molar-refractivity contribution in [2.45, 2.75) is 11.1 Å². The molecule has 1 heterocycles. The number of rotatable bonds is 4. The third kappa shape index (κ3) is 3.66. The highest BCUT2D eigenvalue weighted by Gasteiger charge is 2.36. The minimum atomic E-state index is -4.77. The van der Waals surface area contributed by atoms with Gasteiger partial charge in [0.2, 0.25) is 0 Å². The molecular formula is C16H12F3N3O2S. The highest BCUT2D eigenvalue weighted by Crippen LogP contribution is 2.34. The number of halogens is 3. The number of alkyl halides is 3. The zero-order chi connectivity index (χ0) is 18.1. The van der Waals surface area contributed by atoms with Gasteiger partial charge >= 0.3 is 6.18 Å². The van der Waals surface area contributed by atoms with E-state index in [4.69, 9.17) is 0 Å². The molecule has 0 amide bonds. The van der Waals surface area contributed by atoms with Crippen LogP contribution in [0.3, 0.4) is 0 Å². The number of sulfonamides is 1. The molecule has 0 aliphatic rings. The van der Waals surface area contributed by atoms with Crippen molar-refractivity contribution in [3.8, 4) is 5.69 Å². The van der Waals surface area contributed by atoms with E-state index in [0.717, 1.165) is 23.9 Å². The minimum absolute atomic E-state index is 0.154. The van der Waals surface area contributed by atoms with Crippen molar-refractivity contribution in [2.24, 2.45) is 0 Å². The molecule has 0 saturated carbocycles. The third-order valence-electron chi connectivity index (χ3n) is 3.40. The molecule has 0 radical (unpaired) electrons. The van der Waals surface area contributed by atoms with Gasteiger partial charge in [-0.25, -0.2) is 13.4 Å². The fourth-order valence-electron chi connectivity index (χ4n) is 2.26. The average molecular weight is 367 g/mol. The monoisotopic (exact) mass is 367 g/mol. The molecule has 3 aromatic rings. The molecule has 130 valence electrons. The van der Waals surface area contributed by atoms with Crippen LogP contribution in [0, 0.1) is 0 Å². The van der Waals surface area contributed by atoms with Crippen LogP contribution in [-0.4, -0.2) is 18.0 Å². The Hall–Kier alpha value is -2.81. The largest absolute Gasteiger partial charge is 0.417 e. The molecule has 0 bridgehead atoms. The third-order valence-corrected chi connectivity index (χ3v) is 4.84. The average Bonchev–Trinajstić information content (AvgIpc) is 3.09. The summed E-state index contributed by atoms with van der Waals surface area (Å²) in [5, 5.41) is 0. The van der Waals surface area contributed by atoms with E-state index in [1.807, 2.05) is 0 Å². The summed E-state index contributed by atoms with van der Waals surface area (Å²) in [6, 6.07) is 10.2. The lowest BCUT2D eigenvalue weighted by atomic mass is 10.2. The van der Waals surface area contributed by atoms with Gasteiger partial charge in [-0.1, -0.05) is 12.1 Å². The second-order valence-corrected chi connectivity index (χ2v) is 6.77. The lowest BCUT2D eigenvalue weighted by molar-refractivity contribution is -0.139. The number of anilines is 1. The number of benzene rings is 2. The van der Waals surface area contributed by atoms with Gasteiger partial charge in [-0.3, -0.25) is 4.72 Å². The van der Waals surface area contributed by atoms with E-state index in [0.29, 0.717) is 0 Å². The molecule has 0 saturated heterocycles. The SMILES string of the molecule is O=S(=O)(Nc1ccc(-n2ccnc2)cc1)c1ccccc1C(F)(F)F. The van der Waals surface area contributed by atoms with Gasteiger partial charge in [0.1, 0.15) is 0 Å². The van der Waals surface area contributed by atoms with Gasteiger partial charge in [-0.15, -0.1) is 0 Å². The molecule has 0 fully saturated rings. The summed E-state index contributed by atoms with van der Waals surface area (Å²) in [6.45, 7) is 0. The molecule has 0 aliphatic carbocycles. The van der Waals surface area contributed by atoms with Crippen molar-refractivity contribution in [3.05, 3.63) is 72.8 Å². The molecule has 3 rings (SSSR count). The van der Waals surface area contributed by atoms with Gasteiger partial charge < -0.3 is 4.57 Å². The van der Waals surface area contributed by atoms with Crippen LogP contribution in [0.1, 0.15) is 5.56 Å². The standard InChI is InChI=1S/C16H12F3N3O2S/c17-16(18,19)14-3-1-2-4-15(14)25(23,24)21-12-5-7-13(8-6-12)22-10-9-20-11-22/h1-11,21H. The first-order chi connectivity index (χ1) is 11.8. The lowest BCUT2D eigenvalue weighted by Crippen LogP contribution is -2.18. The van der Waals surface area contributed by atoms with Crippen LogP contribution >= 0.6 is 0 Å². The Bertz CT molecular complexity index is 967. The fraction of sp³-hybridized carbons (Fsp3) is 0.0625. The first kappa shape index (κ1) is 17.0. The highest BCUT2D eigenvalue weighted by molar-refractivity contribution is 7.92. The second-order valence-electron chi connectivity index (χ2n) is 5.12. The molecule has 0 unspecified atom stereocenters. The highest BCUT2D eigenvalue weighted by atomic mass is 32.2. The van der Waals surface area contributed by atoms with Gasteiger partial charge in [0.15, 0.2) is 0 Å². The molecule has 2 aromatic carbocycles. The van der Waals surface area contributed by atoms with E-state index >= 15 is 0 Å². The zero-order valence-corrected chi connectivity index (χ0v) is 13.4. The van der Waals surface area contributed by atoms with Crippen molar-refractivity contribution < 1.29 is 21.6 Å². The normalized spacial score (nSPS) is 12.1. The molecular weight excluding hydrogens is 355 g/mol. The Morgan fingerprint density at radius 1 is 1.00 bits per heavy atom. The molecule has 0 spiro atoms. The van der Waals surface area contributed by atoms with Crippen molar-refractivity contribution >= 4 is 15.7 Å². The number of nitrogens with zero attached hydrogens (tertiary/aromatic N) is 2. The summed E-state index contributed by atoms with van der Waals surface area (Å²) in [5.74, 6) is 0. The maximum absolute atomic E-state index is 13.0. The Morgan fingerprint density at radius 3 is 2.28 bits per heavy atom. The predicted octanol–water partition coefficient (Wildman–Crippen LogP) is 3.69. The summed E-state index contributed by atoms with van der Waals surface area (Å²) in [7, 11) is -4.38. The van der Waals surface area contributed by atoms with Gasteiger partial charge in [-0.2, -0.15) is 13.2 Å². The first-order valence-electron chi connectivity index (χ1n) is 7.05. The van der Waals surface area contributed by atoms with Crippen LogP contribution in [0.2, 0.25) is 0 Å². The molecule has 25 heavy (non-hydrogen) atoms. The smallest absolute Gasteiger partial charge is 0.306 e. The van der Waals surface area contributed by atoms with Crippen molar-refractivity contribution in [3.63, 3.8) is 0 Å². The van der Waals surface area contributed by atoms with Crippen molar-refractivity contribution in [1.82, 2.24) is 9.55 Å². The van der Waals surface area contributed by atoms with E-state index in [2.05, 4.69) is 9.71 Å². The number of nitrogens with one attached hydrogen (secondary N) is 1. The van der Waals surface area contributed by atoms with Gasteiger partial charge in [0.25, 0.3) is 10.0 Å². The molecule has 9 heteroatoms. The Morgan fingerprint density at radius 2 is 1.68 bits per heavy atom. The fourth-order valence-corrected chi connectivity index (χ4v) is 3.55. The van der Waals surface area contributed by atoms with Crippen molar-refractivity contribution in [2.75, 3.05) is 4.72 Å². The van der Waals surface area contributed by atoms with Crippen molar-refractivity contribution in [1.29, 1.82) is 0 Å². The second kappa shape index (κ2) is 6.25. The maximum atomic E-state index is 13.0. The summed E-state index contributed by atoms with van der Waals surface area (Å²) >= 11 is 0. The molecule has 0 atom stereocenters. The molecule has 0 aliphatic heterocycles. The number of aromatic nitrogens is 2. The number of hydrogen-bond acceptors (Lipinski definition) is 3. The summed E-state index contributed by atoms with van der Waals surface area (Å²) in [4.78, 5) is 3.08. The summed E-state index contributed by atoms with van der Waals surface area (Å²) in [6.07, 6.45) is 0.0961. The summed E-state index contributed by atoms with van der Waals surface area (Å²) < 4.78 is 67.7. The molecule has 1 aromatic heterocycles. The van der Waals surface area contributed by atoms with Crippen LogP contribution in [0.4, 0.5) is 18.9 Å². The number of imidazole rings is 1. The van der Waals surface area contributed by atoms with E-state index in [1.165, 1.54) is 18.2 Å². The maximum Gasteiger partial charge on any atom is 0.417 e. The molecule has 5 nitrogen and oxygen atoms in total. The van der Waals surface area contributed by atoms with Crippen LogP contribution in [0.15, 0.2) is 72.1 Å². The van der Waals surface area contributed by atoms with Crippen LogP contribution < -0.4 is 4.72 Å². The Kier molecular flexibility index (Phi) is 4.25. The quantitative estimate of drug-likeness (QED) is 0.765. The first-order valence-corrected chi connectivity index (χ1v) is 8.53. The van der Waals surface area contributed by atoms with E-state index in [1.54, 1.807) is 35.4 Å².